The molecular weight excluding hydrogens is 174 g/mol. The Kier molecular flexibility index (Phi) is 1.81. The van der Waals surface area contributed by atoms with Crippen LogP contribution in [0.15, 0.2) is 34.7 Å². The highest BCUT2D eigenvalue weighted by Crippen LogP contribution is 2.28. The van der Waals surface area contributed by atoms with Crippen molar-refractivity contribution in [3.05, 3.63) is 36.1 Å². The smallest absolute Gasteiger partial charge is 0.134 e. The quantitative estimate of drug-likeness (QED) is 0.742. The molecule has 14 heavy (non-hydrogen) atoms. The number of benzene rings is 1. The van der Waals surface area contributed by atoms with Crippen molar-refractivity contribution in [3.63, 3.8) is 0 Å². The van der Waals surface area contributed by atoms with Crippen molar-refractivity contribution in [1.82, 2.24) is 5.32 Å². The van der Waals surface area contributed by atoms with E-state index in [1.54, 1.807) is 0 Å². The molecule has 0 aliphatic carbocycles. The van der Waals surface area contributed by atoms with E-state index in [0.29, 0.717) is 5.92 Å². The molecule has 1 aliphatic heterocycles. The summed E-state index contributed by atoms with van der Waals surface area (Å²) >= 11 is 0. The second-order valence-corrected chi connectivity index (χ2v) is 3.88. The molecule has 0 radical (unpaired) electrons. The highest BCUT2D eigenvalue weighted by Gasteiger charge is 2.19. The van der Waals surface area contributed by atoms with E-state index in [-0.39, 0.29) is 0 Å². The second kappa shape index (κ2) is 3.14. The monoisotopic (exact) mass is 187 g/mol. The Bertz CT molecular complexity index is 407. The normalized spacial score (nSPS) is 21.9. The molecule has 0 spiro atoms. The van der Waals surface area contributed by atoms with Crippen molar-refractivity contribution in [3.8, 4) is 0 Å². The zero-order valence-corrected chi connectivity index (χ0v) is 7.99. The SMILES string of the molecule is c1ccc2oc(C3CCNC3)cc2c1. The van der Waals surface area contributed by atoms with Crippen molar-refractivity contribution in [2.24, 2.45) is 0 Å². The number of rotatable bonds is 1. The fourth-order valence-electron chi connectivity index (χ4n) is 2.10. The molecule has 1 aromatic carbocycles. The molecule has 2 heteroatoms. The van der Waals surface area contributed by atoms with Crippen molar-refractivity contribution >= 4 is 11.0 Å². The lowest BCUT2D eigenvalue weighted by Crippen LogP contribution is -2.07. The first-order chi connectivity index (χ1) is 6.93. The van der Waals surface area contributed by atoms with Crippen LogP contribution < -0.4 is 5.32 Å². The molecule has 1 N–H and O–H groups in total. The topological polar surface area (TPSA) is 25.2 Å². The highest BCUT2D eigenvalue weighted by molar-refractivity contribution is 5.77. The zero-order valence-electron chi connectivity index (χ0n) is 7.99. The van der Waals surface area contributed by atoms with E-state index in [9.17, 15) is 0 Å². The Morgan fingerprint density at radius 2 is 2.21 bits per heavy atom. The zero-order chi connectivity index (χ0) is 9.38. The first-order valence-electron chi connectivity index (χ1n) is 5.13. The van der Waals surface area contributed by atoms with Gasteiger partial charge < -0.3 is 9.73 Å². The van der Waals surface area contributed by atoms with Crippen molar-refractivity contribution < 1.29 is 4.42 Å². The number of fused-ring (bicyclic) bond motifs is 1. The molecule has 1 saturated heterocycles. The molecule has 0 amide bonds. The van der Waals surface area contributed by atoms with Gasteiger partial charge >= 0.3 is 0 Å². The first-order valence-corrected chi connectivity index (χ1v) is 5.13. The maximum absolute atomic E-state index is 5.81. The third-order valence-corrected chi connectivity index (χ3v) is 2.91. The average molecular weight is 187 g/mol. The lowest BCUT2D eigenvalue weighted by molar-refractivity contribution is 0.505. The number of hydrogen-bond acceptors (Lipinski definition) is 2. The maximum atomic E-state index is 5.81. The van der Waals surface area contributed by atoms with Crippen LogP contribution in [0, 0.1) is 0 Å². The van der Waals surface area contributed by atoms with Gasteiger partial charge in [0.05, 0.1) is 0 Å². The summed E-state index contributed by atoms with van der Waals surface area (Å²) in [6, 6.07) is 10.4. The highest BCUT2D eigenvalue weighted by atomic mass is 16.3. The lowest BCUT2D eigenvalue weighted by Gasteiger charge is -2.01. The summed E-state index contributed by atoms with van der Waals surface area (Å²) in [5.41, 5.74) is 1.01. The van der Waals surface area contributed by atoms with E-state index in [4.69, 9.17) is 4.42 Å². The Labute approximate surface area is 82.9 Å². The summed E-state index contributed by atoms with van der Waals surface area (Å²) in [6.45, 7) is 2.17. The third kappa shape index (κ3) is 1.23. The third-order valence-electron chi connectivity index (χ3n) is 2.91. The molecule has 1 aliphatic rings. The van der Waals surface area contributed by atoms with Crippen LogP contribution in [0.1, 0.15) is 18.1 Å². The van der Waals surface area contributed by atoms with Gasteiger partial charge in [-0.3, -0.25) is 0 Å². The van der Waals surface area contributed by atoms with Gasteiger partial charge in [-0.15, -0.1) is 0 Å². The van der Waals surface area contributed by atoms with E-state index in [1.807, 2.05) is 12.1 Å². The minimum absolute atomic E-state index is 0.572. The van der Waals surface area contributed by atoms with Crippen LogP contribution in [0.5, 0.6) is 0 Å². The molecule has 1 aromatic heterocycles. The molecule has 1 fully saturated rings. The number of nitrogens with one attached hydrogen (secondary N) is 1. The second-order valence-electron chi connectivity index (χ2n) is 3.88. The average Bonchev–Trinajstić information content (AvgIpc) is 2.86. The largest absolute Gasteiger partial charge is 0.461 e. The van der Waals surface area contributed by atoms with Crippen LogP contribution in [0.4, 0.5) is 0 Å². The van der Waals surface area contributed by atoms with E-state index in [1.165, 1.54) is 11.8 Å². The van der Waals surface area contributed by atoms with Crippen molar-refractivity contribution in [1.29, 1.82) is 0 Å². The van der Waals surface area contributed by atoms with Crippen LogP contribution in [-0.2, 0) is 0 Å². The van der Waals surface area contributed by atoms with Gasteiger partial charge in [-0.1, -0.05) is 18.2 Å². The molecular formula is C12H13NO. The van der Waals surface area contributed by atoms with Crippen LogP contribution in [0.2, 0.25) is 0 Å². The van der Waals surface area contributed by atoms with Gasteiger partial charge in [0.15, 0.2) is 0 Å². The van der Waals surface area contributed by atoms with Crippen LogP contribution in [0.25, 0.3) is 11.0 Å². The van der Waals surface area contributed by atoms with Gasteiger partial charge in [-0.25, -0.2) is 0 Å². The van der Waals surface area contributed by atoms with Crippen molar-refractivity contribution in [2.45, 2.75) is 12.3 Å². The molecule has 72 valence electrons. The number of furan rings is 1. The summed E-state index contributed by atoms with van der Waals surface area (Å²) in [4.78, 5) is 0. The van der Waals surface area contributed by atoms with Crippen molar-refractivity contribution in [2.75, 3.05) is 13.1 Å². The fraction of sp³-hybridized carbons (Fsp3) is 0.333. The molecule has 3 rings (SSSR count). The number of hydrogen-bond donors (Lipinski definition) is 1. The summed E-state index contributed by atoms with van der Waals surface area (Å²) in [5.74, 6) is 1.71. The van der Waals surface area contributed by atoms with Crippen LogP contribution >= 0.6 is 0 Å². The standard InChI is InChI=1S/C12H13NO/c1-2-4-11-9(3-1)7-12(14-11)10-5-6-13-8-10/h1-4,7,10,13H,5-6,8H2. The summed E-state index contributed by atoms with van der Waals surface area (Å²) in [6.07, 6.45) is 1.19. The molecule has 0 bridgehead atoms. The molecule has 2 nitrogen and oxygen atoms in total. The Hall–Kier alpha value is -1.28. The minimum atomic E-state index is 0.572. The van der Waals surface area contributed by atoms with Gasteiger partial charge in [-0.05, 0) is 25.1 Å². The lowest BCUT2D eigenvalue weighted by atomic mass is 10.1. The Morgan fingerprint density at radius 3 is 3.00 bits per heavy atom. The fourth-order valence-corrected chi connectivity index (χ4v) is 2.10. The molecule has 2 aromatic rings. The van der Waals surface area contributed by atoms with Gasteiger partial charge in [0.1, 0.15) is 11.3 Å². The van der Waals surface area contributed by atoms with Gasteiger partial charge in [0.2, 0.25) is 0 Å². The first kappa shape index (κ1) is 8.06. The van der Waals surface area contributed by atoms with Crippen LogP contribution in [-0.4, -0.2) is 13.1 Å². The molecule has 1 unspecified atom stereocenters. The van der Waals surface area contributed by atoms with Gasteiger partial charge in [0, 0.05) is 17.8 Å². The molecule has 1 atom stereocenters. The van der Waals surface area contributed by atoms with E-state index in [2.05, 4.69) is 23.5 Å². The maximum Gasteiger partial charge on any atom is 0.134 e. The summed E-state index contributed by atoms with van der Waals surface area (Å²) < 4.78 is 5.81. The predicted octanol–water partition coefficient (Wildman–Crippen LogP) is 2.51. The van der Waals surface area contributed by atoms with E-state index < -0.39 is 0 Å². The van der Waals surface area contributed by atoms with E-state index in [0.717, 1.165) is 24.4 Å². The summed E-state index contributed by atoms with van der Waals surface area (Å²) in [7, 11) is 0. The predicted molar refractivity (Wildman–Crippen MR) is 56.4 cm³/mol. The van der Waals surface area contributed by atoms with E-state index >= 15 is 0 Å². The Morgan fingerprint density at radius 1 is 1.29 bits per heavy atom. The Balaban J connectivity index is 2.05. The van der Waals surface area contributed by atoms with Gasteiger partial charge in [-0.2, -0.15) is 0 Å². The summed E-state index contributed by atoms with van der Waals surface area (Å²) in [5, 5.41) is 4.57. The molecule has 2 heterocycles. The molecule has 0 saturated carbocycles. The minimum Gasteiger partial charge on any atom is -0.461 e. The van der Waals surface area contributed by atoms with Gasteiger partial charge in [0.25, 0.3) is 0 Å². The number of para-hydroxylation sites is 1. The van der Waals surface area contributed by atoms with Crippen LogP contribution in [0.3, 0.4) is 0 Å².